The lowest BCUT2D eigenvalue weighted by Gasteiger charge is -2.41. The zero-order valence-electron chi connectivity index (χ0n) is 24.9. The number of phenolic OH excluding ortho intramolecular Hbond substituents is 1. The van der Waals surface area contributed by atoms with Crippen LogP contribution in [0.5, 0.6) is 5.75 Å². The number of aliphatic hydroxyl groups excluding tert-OH is 4. The molecule has 6 atom stereocenters. The third-order valence-electron chi connectivity index (χ3n) is 8.38. The first-order valence-electron chi connectivity index (χ1n) is 15.1. The van der Waals surface area contributed by atoms with Crippen LogP contribution in [0.2, 0.25) is 0 Å². The largest absolute Gasteiger partial charge is 0.508 e. The highest BCUT2D eigenvalue weighted by molar-refractivity contribution is 6.01. The normalized spacial score (nSPS) is 23.5. The second-order valence-electron chi connectivity index (χ2n) is 11.3. The fourth-order valence-electron chi connectivity index (χ4n) is 5.71. The van der Waals surface area contributed by atoms with Crippen LogP contribution in [0.4, 0.5) is 10.1 Å². The number of hydrogen-bond donors (Lipinski definition) is 5. The maximum Gasteiger partial charge on any atom is 0.230 e. The summed E-state index contributed by atoms with van der Waals surface area (Å²) in [6, 6.07) is 28.2. The molecule has 4 aromatic rings. The Morgan fingerprint density at radius 1 is 0.933 bits per heavy atom. The molecule has 236 valence electrons. The molecule has 9 heteroatoms. The van der Waals surface area contributed by atoms with Gasteiger partial charge in [-0.3, -0.25) is 4.79 Å². The molecule has 0 saturated carbocycles. The van der Waals surface area contributed by atoms with E-state index in [4.69, 9.17) is 4.74 Å². The molecule has 0 radical (unpaired) electrons. The van der Waals surface area contributed by atoms with E-state index < -0.39 is 30.5 Å². The number of para-hydroxylation sites is 1. The molecule has 1 amide bonds. The average Bonchev–Trinajstić information content (AvgIpc) is 3.06. The molecule has 4 aromatic carbocycles. The molecule has 8 nitrogen and oxygen atoms in total. The molecule has 6 rings (SSSR count). The average molecular weight is 616 g/mol. The molecule has 0 aromatic heterocycles. The molecule has 2 heterocycles. The molecule has 45 heavy (non-hydrogen) atoms. The van der Waals surface area contributed by atoms with E-state index >= 15 is 0 Å². The number of aliphatic hydroxyl groups is 4. The number of phenols is 1. The van der Waals surface area contributed by atoms with E-state index in [2.05, 4.69) is 0 Å². The van der Waals surface area contributed by atoms with Crippen LogP contribution < -0.4 is 4.90 Å². The van der Waals surface area contributed by atoms with Crippen LogP contribution >= 0.6 is 0 Å². The second kappa shape index (κ2) is 14.3. The Kier molecular flexibility index (Phi) is 10.3. The van der Waals surface area contributed by atoms with Gasteiger partial charge in [0.1, 0.15) is 23.8 Å². The van der Waals surface area contributed by atoms with Crippen LogP contribution in [0.15, 0.2) is 97.1 Å². The van der Waals surface area contributed by atoms with E-state index in [9.17, 15) is 34.7 Å². The summed E-state index contributed by atoms with van der Waals surface area (Å²) in [7, 11) is 0. The first-order chi connectivity index (χ1) is 21.7. The van der Waals surface area contributed by atoms with Gasteiger partial charge in [0.15, 0.2) is 0 Å². The van der Waals surface area contributed by atoms with E-state index in [0.717, 1.165) is 27.9 Å². The summed E-state index contributed by atoms with van der Waals surface area (Å²) in [6.45, 7) is 1.51. The molecule has 0 bridgehead atoms. The molecule has 5 N–H and O–H groups in total. The van der Waals surface area contributed by atoms with E-state index in [1.807, 2.05) is 73.7 Å². The van der Waals surface area contributed by atoms with Crippen molar-refractivity contribution in [3.63, 3.8) is 0 Å². The van der Waals surface area contributed by atoms with Crippen molar-refractivity contribution in [3.05, 3.63) is 120 Å². The Bertz CT molecular complexity index is 1570. The van der Waals surface area contributed by atoms with E-state index in [-0.39, 0.29) is 36.5 Å². The first-order valence-corrected chi connectivity index (χ1v) is 15.1. The Morgan fingerprint density at radius 2 is 1.60 bits per heavy atom. The Labute approximate surface area is 261 Å². The number of carbonyl (C=O) groups excluding carboxylic acids is 1. The number of halogens is 1. The zero-order chi connectivity index (χ0) is 32.1. The summed E-state index contributed by atoms with van der Waals surface area (Å²) in [5, 5.41) is 49.5. The number of benzene rings is 4. The van der Waals surface area contributed by atoms with E-state index in [1.54, 1.807) is 23.1 Å². The molecule has 2 saturated heterocycles. The molecule has 5 unspecified atom stereocenters. The van der Waals surface area contributed by atoms with Gasteiger partial charge in [-0.2, -0.15) is 0 Å². The Morgan fingerprint density at radius 3 is 2.20 bits per heavy atom. The van der Waals surface area contributed by atoms with Gasteiger partial charge in [0.05, 0.1) is 37.4 Å². The van der Waals surface area contributed by atoms with Gasteiger partial charge in [-0.1, -0.05) is 73.7 Å². The summed E-state index contributed by atoms with van der Waals surface area (Å²) >= 11 is 0. The van der Waals surface area contributed by atoms with Crippen LogP contribution in [0.25, 0.3) is 11.1 Å². The lowest BCUT2D eigenvalue weighted by atomic mass is 9.90. The number of amides is 1. The molecule has 2 aliphatic heterocycles. The van der Waals surface area contributed by atoms with Crippen molar-refractivity contribution in [3.8, 4) is 16.9 Å². The summed E-state index contributed by atoms with van der Waals surface area (Å²) in [5.41, 5.74) is 4.86. The minimum Gasteiger partial charge on any atom is -0.508 e. The van der Waals surface area contributed by atoms with Crippen molar-refractivity contribution >= 4 is 11.6 Å². The van der Waals surface area contributed by atoms with E-state index in [1.165, 1.54) is 12.1 Å². The van der Waals surface area contributed by atoms with Crippen molar-refractivity contribution in [1.82, 2.24) is 0 Å². The van der Waals surface area contributed by atoms with Crippen LogP contribution in [-0.2, 0) is 9.53 Å². The number of nitrogens with zero attached hydrogens (tertiary/aromatic N) is 1. The van der Waals surface area contributed by atoms with Gasteiger partial charge in [-0.05, 0) is 59.0 Å². The predicted molar refractivity (Wildman–Crippen MR) is 168 cm³/mol. The van der Waals surface area contributed by atoms with Crippen molar-refractivity contribution < 1.29 is 39.5 Å². The first kappa shape index (κ1) is 32.3. The SMILES string of the molecule is CCC(O)c1ccc(F)cc1.O=C1CC(c2ccc(-c3ccc(C4CC(O)[C@H](O)C(CO)O4)cc3)cc2O)N1c1ccccc1. The van der Waals surface area contributed by atoms with Gasteiger partial charge in [0, 0.05) is 17.7 Å². The Balaban J connectivity index is 0.000000309. The standard InChI is InChI=1S/C27H27NO6.C9H11FO/c29-15-25-27(33)23(31)14-24(34-25)17-8-6-16(7-9-17)18-10-11-20(22(30)12-18)21-13-26(32)28(21)19-4-2-1-3-5-19;1-2-9(11)7-3-5-8(10)6-4-7/h1-12,21,23-25,27,29-31,33H,13-15H2;3-6,9,11H,2H2,1H3/t21?,23?,24?,25?,27-;/m0./s1. The van der Waals surface area contributed by atoms with Crippen LogP contribution in [0, 0.1) is 5.82 Å². The maximum atomic E-state index is 12.4. The summed E-state index contributed by atoms with van der Waals surface area (Å²) in [6.07, 6.45) is -2.54. The molecule has 0 spiro atoms. The summed E-state index contributed by atoms with van der Waals surface area (Å²) in [5.74, 6) is -0.100. The second-order valence-corrected chi connectivity index (χ2v) is 11.3. The monoisotopic (exact) mass is 615 g/mol. The van der Waals surface area contributed by atoms with Crippen LogP contribution in [-0.4, -0.2) is 56.4 Å². The minimum atomic E-state index is -1.11. The number of β-lactam (4-membered cyclic amide) rings is 1. The fraction of sp³-hybridized carbons (Fsp3) is 0.306. The fourth-order valence-corrected chi connectivity index (χ4v) is 5.71. The van der Waals surface area contributed by atoms with Gasteiger partial charge in [0.2, 0.25) is 5.91 Å². The number of aromatic hydroxyl groups is 1. The predicted octanol–water partition coefficient (Wildman–Crippen LogP) is 5.35. The molecule has 2 aliphatic rings. The topological polar surface area (TPSA) is 131 Å². The van der Waals surface area contributed by atoms with Gasteiger partial charge in [-0.25, -0.2) is 4.39 Å². The van der Waals surface area contributed by atoms with Crippen molar-refractivity contribution in [2.45, 2.75) is 62.7 Å². The van der Waals surface area contributed by atoms with Gasteiger partial charge in [0.25, 0.3) is 0 Å². The highest BCUT2D eigenvalue weighted by Gasteiger charge is 2.40. The van der Waals surface area contributed by atoms with Crippen molar-refractivity contribution in [2.24, 2.45) is 0 Å². The van der Waals surface area contributed by atoms with Gasteiger partial charge >= 0.3 is 0 Å². The highest BCUT2D eigenvalue weighted by Crippen LogP contribution is 2.43. The summed E-state index contributed by atoms with van der Waals surface area (Å²) < 4.78 is 18.1. The molecule has 2 fully saturated rings. The van der Waals surface area contributed by atoms with Gasteiger partial charge < -0.3 is 35.2 Å². The molecular formula is C36H38FNO7. The summed E-state index contributed by atoms with van der Waals surface area (Å²) in [4.78, 5) is 14.0. The zero-order valence-corrected chi connectivity index (χ0v) is 24.9. The van der Waals surface area contributed by atoms with Crippen molar-refractivity contribution in [1.29, 1.82) is 0 Å². The molecule has 0 aliphatic carbocycles. The van der Waals surface area contributed by atoms with Gasteiger partial charge in [-0.15, -0.1) is 0 Å². The maximum absolute atomic E-state index is 12.4. The minimum absolute atomic E-state index is 0.0290. The Hall–Kier alpha value is -4.12. The van der Waals surface area contributed by atoms with Crippen molar-refractivity contribution in [2.75, 3.05) is 11.5 Å². The highest BCUT2D eigenvalue weighted by atomic mass is 19.1. The number of anilines is 1. The third-order valence-corrected chi connectivity index (χ3v) is 8.38. The lowest BCUT2D eigenvalue weighted by Crippen LogP contribution is -2.47. The smallest absolute Gasteiger partial charge is 0.230 e. The number of carbonyl (C=O) groups is 1. The lowest BCUT2D eigenvalue weighted by molar-refractivity contribution is -0.181. The van der Waals surface area contributed by atoms with Crippen LogP contribution in [0.3, 0.4) is 0 Å². The van der Waals surface area contributed by atoms with Crippen LogP contribution in [0.1, 0.15) is 61.1 Å². The molecular weight excluding hydrogens is 577 g/mol. The number of hydrogen-bond acceptors (Lipinski definition) is 7. The quantitative estimate of drug-likeness (QED) is 0.177. The third kappa shape index (κ3) is 7.24. The number of ether oxygens (including phenoxy) is 1. The van der Waals surface area contributed by atoms with E-state index in [0.29, 0.717) is 18.4 Å². The number of rotatable bonds is 7.